The van der Waals surface area contributed by atoms with Crippen LogP contribution in [-0.2, 0) is 16.0 Å². The summed E-state index contributed by atoms with van der Waals surface area (Å²) in [7, 11) is 0. The minimum Gasteiger partial charge on any atom is -0.376 e. The molecule has 1 unspecified atom stereocenters. The second-order valence-corrected chi connectivity index (χ2v) is 6.04. The van der Waals surface area contributed by atoms with E-state index in [9.17, 15) is 4.79 Å². The third-order valence-electron chi connectivity index (χ3n) is 3.17. The molecule has 1 amide bonds. The third-order valence-corrected chi connectivity index (χ3v) is 4.09. The van der Waals surface area contributed by atoms with Gasteiger partial charge >= 0.3 is 0 Å². The van der Waals surface area contributed by atoms with Gasteiger partial charge in [-0.1, -0.05) is 6.92 Å². The lowest BCUT2D eigenvalue weighted by atomic mass is 10.3. The lowest BCUT2D eigenvalue weighted by Gasteiger charge is -2.30. The molecule has 1 atom stereocenters. The number of ether oxygens (including phenoxy) is 1. The number of hydrogen-bond donors (Lipinski definition) is 1. The maximum Gasteiger partial charge on any atom is 0.240 e. The Morgan fingerprint density at radius 2 is 2.42 bits per heavy atom. The van der Waals surface area contributed by atoms with E-state index >= 15 is 0 Å². The molecule has 0 radical (unpaired) electrons. The molecule has 106 valence electrons. The van der Waals surface area contributed by atoms with Crippen LogP contribution < -0.4 is 5.32 Å². The number of aromatic nitrogens is 1. The lowest BCUT2D eigenvalue weighted by Crippen LogP contribution is -2.44. The van der Waals surface area contributed by atoms with Gasteiger partial charge in [-0.15, -0.1) is 11.3 Å². The van der Waals surface area contributed by atoms with Gasteiger partial charge in [0, 0.05) is 18.0 Å². The van der Waals surface area contributed by atoms with Crippen molar-refractivity contribution in [1.29, 1.82) is 0 Å². The first-order valence-electron chi connectivity index (χ1n) is 6.68. The zero-order valence-corrected chi connectivity index (χ0v) is 12.5. The zero-order valence-electron chi connectivity index (χ0n) is 11.7. The van der Waals surface area contributed by atoms with Crippen LogP contribution in [0.25, 0.3) is 0 Å². The van der Waals surface area contributed by atoms with Gasteiger partial charge in [0.1, 0.15) is 0 Å². The first kappa shape index (κ1) is 14.4. The predicted molar refractivity (Wildman–Crippen MR) is 76.7 cm³/mol. The van der Waals surface area contributed by atoms with Crippen LogP contribution in [0.15, 0.2) is 0 Å². The van der Waals surface area contributed by atoms with Crippen LogP contribution in [0.4, 0.5) is 5.13 Å². The minimum absolute atomic E-state index is 0.00510. The number of nitrogens with one attached hydrogen (secondary N) is 1. The second-order valence-electron chi connectivity index (χ2n) is 4.84. The number of carbonyl (C=O) groups is 1. The van der Waals surface area contributed by atoms with Gasteiger partial charge < -0.3 is 10.1 Å². The van der Waals surface area contributed by atoms with Crippen molar-refractivity contribution < 1.29 is 9.53 Å². The Hall–Kier alpha value is -0.980. The zero-order chi connectivity index (χ0) is 13.8. The van der Waals surface area contributed by atoms with E-state index in [1.165, 1.54) is 4.88 Å². The van der Waals surface area contributed by atoms with Crippen molar-refractivity contribution in [3.8, 4) is 0 Å². The van der Waals surface area contributed by atoms with E-state index in [2.05, 4.69) is 22.1 Å². The Kier molecular flexibility index (Phi) is 4.90. The van der Waals surface area contributed by atoms with E-state index in [0.29, 0.717) is 18.3 Å². The first-order chi connectivity index (χ1) is 9.08. The highest BCUT2D eigenvalue weighted by Gasteiger charge is 2.19. The SMILES string of the molecule is CCc1nc(NC(=O)CN2CCOC(C)C2)sc1C. The molecule has 2 rings (SSSR count). The molecule has 0 aromatic carbocycles. The molecule has 0 saturated carbocycles. The normalized spacial score (nSPS) is 20.5. The quantitative estimate of drug-likeness (QED) is 0.913. The molecular weight excluding hydrogens is 262 g/mol. The van der Waals surface area contributed by atoms with Crippen LogP contribution in [0.5, 0.6) is 0 Å². The van der Waals surface area contributed by atoms with E-state index < -0.39 is 0 Å². The molecule has 1 aliphatic rings. The molecule has 1 aromatic rings. The first-order valence-corrected chi connectivity index (χ1v) is 7.50. The molecule has 5 nitrogen and oxygen atoms in total. The van der Waals surface area contributed by atoms with Gasteiger partial charge in [-0.25, -0.2) is 4.98 Å². The van der Waals surface area contributed by atoms with E-state index in [0.717, 1.165) is 25.2 Å². The maximum atomic E-state index is 12.0. The van der Waals surface area contributed by atoms with Crippen molar-refractivity contribution >= 4 is 22.4 Å². The second kappa shape index (κ2) is 6.45. The van der Waals surface area contributed by atoms with Gasteiger partial charge in [-0.2, -0.15) is 0 Å². The number of amides is 1. The summed E-state index contributed by atoms with van der Waals surface area (Å²) in [5, 5.41) is 3.59. The average molecular weight is 283 g/mol. The van der Waals surface area contributed by atoms with E-state index in [1.807, 2.05) is 13.8 Å². The van der Waals surface area contributed by atoms with Gasteiger partial charge in [0.25, 0.3) is 0 Å². The Balaban J connectivity index is 1.86. The van der Waals surface area contributed by atoms with Gasteiger partial charge in [-0.3, -0.25) is 9.69 Å². The van der Waals surface area contributed by atoms with Crippen LogP contribution >= 0.6 is 11.3 Å². The van der Waals surface area contributed by atoms with Gasteiger partial charge in [0.05, 0.1) is 24.9 Å². The number of aryl methyl sites for hydroxylation is 2. The van der Waals surface area contributed by atoms with Crippen molar-refractivity contribution in [3.63, 3.8) is 0 Å². The monoisotopic (exact) mass is 283 g/mol. The molecular formula is C13H21N3O2S. The van der Waals surface area contributed by atoms with Crippen LogP contribution in [-0.4, -0.2) is 48.1 Å². The number of morpholine rings is 1. The summed E-state index contributed by atoms with van der Waals surface area (Å²) in [6, 6.07) is 0. The van der Waals surface area contributed by atoms with Gasteiger partial charge in [-0.05, 0) is 20.3 Å². The molecule has 2 heterocycles. The average Bonchev–Trinajstić information content (AvgIpc) is 2.69. The Labute approximate surface area is 118 Å². The molecule has 1 fully saturated rings. The minimum atomic E-state index is 0.00510. The molecule has 1 aromatic heterocycles. The van der Waals surface area contributed by atoms with Gasteiger partial charge in [0.2, 0.25) is 5.91 Å². The van der Waals surface area contributed by atoms with Crippen LogP contribution in [0, 0.1) is 6.92 Å². The Morgan fingerprint density at radius 3 is 3.05 bits per heavy atom. The highest BCUT2D eigenvalue weighted by atomic mass is 32.1. The molecule has 1 aliphatic heterocycles. The summed E-state index contributed by atoms with van der Waals surface area (Å²) in [6.45, 7) is 8.87. The van der Waals surface area contributed by atoms with Gasteiger partial charge in [0.15, 0.2) is 5.13 Å². The smallest absolute Gasteiger partial charge is 0.240 e. The number of carbonyl (C=O) groups excluding carboxylic acids is 1. The fourth-order valence-electron chi connectivity index (χ4n) is 2.21. The number of nitrogens with zero attached hydrogens (tertiary/aromatic N) is 2. The van der Waals surface area contributed by atoms with E-state index in [1.54, 1.807) is 11.3 Å². The molecule has 0 bridgehead atoms. The number of rotatable bonds is 4. The van der Waals surface area contributed by atoms with Crippen molar-refractivity contribution in [2.24, 2.45) is 0 Å². The third kappa shape index (κ3) is 3.99. The molecule has 19 heavy (non-hydrogen) atoms. The highest BCUT2D eigenvalue weighted by Crippen LogP contribution is 2.22. The lowest BCUT2D eigenvalue weighted by molar-refractivity contribution is -0.119. The number of anilines is 1. The van der Waals surface area contributed by atoms with Crippen molar-refractivity contribution in [2.45, 2.75) is 33.3 Å². The summed E-state index contributed by atoms with van der Waals surface area (Å²) in [5.74, 6) is 0.00510. The van der Waals surface area contributed by atoms with E-state index in [-0.39, 0.29) is 12.0 Å². The van der Waals surface area contributed by atoms with E-state index in [4.69, 9.17) is 4.74 Å². The number of thiazole rings is 1. The molecule has 1 saturated heterocycles. The maximum absolute atomic E-state index is 12.0. The standard InChI is InChI=1S/C13H21N3O2S/c1-4-11-10(3)19-13(14-11)15-12(17)8-16-5-6-18-9(2)7-16/h9H,4-8H2,1-3H3,(H,14,15,17). The van der Waals surface area contributed by atoms with Crippen LogP contribution in [0.1, 0.15) is 24.4 Å². The molecule has 0 aliphatic carbocycles. The molecule has 0 spiro atoms. The van der Waals surface area contributed by atoms with Crippen LogP contribution in [0.3, 0.4) is 0 Å². The fourth-order valence-corrected chi connectivity index (χ4v) is 3.12. The summed E-state index contributed by atoms with van der Waals surface area (Å²) in [5.41, 5.74) is 1.07. The van der Waals surface area contributed by atoms with Crippen molar-refractivity contribution in [3.05, 3.63) is 10.6 Å². The summed E-state index contributed by atoms with van der Waals surface area (Å²) < 4.78 is 5.46. The summed E-state index contributed by atoms with van der Waals surface area (Å²) in [6.07, 6.45) is 1.11. The largest absolute Gasteiger partial charge is 0.376 e. The molecule has 6 heteroatoms. The Morgan fingerprint density at radius 1 is 1.63 bits per heavy atom. The molecule has 1 N–H and O–H groups in total. The van der Waals surface area contributed by atoms with Crippen LogP contribution in [0.2, 0.25) is 0 Å². The Bertz CT molecular complexity index is 447. The van der Waals surface area contributed by atoms with Crippen molar-refractivity contribution in [2.75, 3.05) is 31.6 Å². The fraction of sp³-hybridized carbons (Fsp3) is 0.692. The predicted octanol–water partition coefficient (Wildman–Crippen LogP) is 1.67. The number of hydrogen-bond acceptors (Lipinski definition) is 5. The topological polar surface area (TPSA) is 54.5 Å². The highest BCUT2D eigenvalue weighted by molar-refractivity contribution is 7.15. The summed E-state index contributed by atoms with van der Waals surface area (Å²) in [4.78, 5) is 19.7. The summed E-state index contributed by atoms with van der Waals surface area (Å²) >= 11 is 1.54. The van der Waals surface area contributed by atoms with Crippen molar-refractivity contribution in [1.82, 2.24) is 9.88 Å².